The molecule has 1 heterocycles. The second kappa shape index (κ2) is 8.48. The Labute approximate surface area is 111 Å². The Balaban J connectivity index is 2.17. The first-order valence-electron chi connectivity index (χ1n) is 7.33. The van der Waals surface area contributed by atoms with Gasteiger partial charge in [0.15, 0.2) is 0 Å². The minimum Gasteiger partial charge on any atom is -0.355 e. The minimum atomic E-state index is 0.184. The largest absolute Gasteiger partial charge is 0.355 e. The van der Waals surface area contributed by atoms with Crippen molar-refractivity contribution in [1.82, 2.24) is 15.5 Å². The van der Waals surface area contributed by atoms with Crippen LogP contribution in [0.2, 0.25) is 0 Å². The summed E-state index contributed by atoms with van der Waals surface area (Å²) < 4.78 is 0. The van der Waals surface area contributed by atoms with Crippen molar-refractivity contribution in [2.24, 2.45) is 5.92 Å². The van der Waals surface area contributed by atoms with Crippen LogP contribution in [0.3, 0.4) is 0 Å². The first-order valence-corrected chi connectivity index (χ1v) is 7.33. The molecule has 0 spiro atoms. The zero-order valence-electron chi connectivity index (χ0n) is 12.2. The van der Waals surface area contributed by atoms with Gasteiger partial charge in [-0.25, -0.2) is 0 Å². The lowest BCUT2D eigenvalue weighted by molar-refractivity contribution is -0.122. The summed E-state index contributed by atoms with van der Waals surface area (Å²) in [6.07, 6.45) is 4.61. The highest BCUT2D eigenvalue weighted by atomic mass is 16.2. The molecule has 1 saturated heterocycles. The Morgan fingerprint density at radius 1 is 1.39 bits per heavy atom. The van der Waals surface area contributed by atoms with Crippen molar-refractivity contribution in [3.8, 4) is 0 Å². The summed E-state index contributed by atoms with van der Waals surface area (Å²) in [5.41, 5.74) is 0. The monoisotopic (exact) mass is 255 g/mol. The van der Waals surface area contributed by atoms with E-state index in [-0.39, 0.29) is 5.91 Å². The molecule has 18 heavy (non-hydrogen) atoms. The Bertz CT molecular complexity index is 237. The third kappa shape index (κ3) is 5.36. The molecule has 0 aromatic carbocycles. The van der Waals surface area contributed by atoms with E-state index in [1.54, 1.807) is 0 Å². The van der Waals surface area contributed by atoms with Crippen molar-refractivity contribution in [3.63, 3.8) is 0 Å². The van der Waals surface area contributed by atoms with Crippen LogP contribution in [0.15, 0.2) is 0 Å². The Morgan fingerprint density at radius 3 is 2.61 bits per heavy atom. The number of rotatable bonds is 7. The summed E-state index contributed by atoms with van der Waals surface area (Å²) in [5.74, 6) is 0.943. The van der Waals surface area contributed by atoms with Gasteiger partial charge in [0.25, 0.3) is 0 Å². The molecule has 0 aliphatic carbocycles. The van der Waals surface area contributed by atoms with E-state index < -0.39 is 0 Å². The van der Waals surface area contributed by atoms with E-state index in [9.17, 15) is 4.79 Å². The van der Waals surface area contributed by atoms with Crippen molar-refractivity contribution in [2.75, 3.05) is 33.2 Å². The van der Waals surface area contributed by atoms with Gasteiger partial charge in [0, 0.05) is 12.6 Å². The number of unbranched alkanes of at least 4 members (excludes halogenated alkanes) is 1. The Morgan fingerprint density at radius 2 is 2.06 bits per heavy atom. The fourth-order valence-electron chi connectivity index (χ4n) is 2.51. The van der Waals surface area contributed by atoms with Crippen LogP contribution in [-0.4, -0.2) is 50.1 Å². The van der Waals surface area contributed by atoms with Crippen LogP contribution in [0.25, 0.3) is 0 Å². The van der Waals surface area contributed by atoms with Gasteiger partial charge in [0.05, 0.1) is 6.54 Å². The van der Waals surface area contributed by atoms with Gasteiger partial charge in [-0.1, -0.05) is 13.3 Å². The number of nitrogens with zero attached hydrogens (tertiary/aromatic N) is 1. The quantitative estimate of drug-likeness (QED) is 0.672. The molecular weight excluding hydrogens is 226 g/mol. The number of carbonyl (C=O) groups is 1. The van der Waals surface area contributed by atoms with E-state index in [1.165, 1.54) is 12.8 Å². The summed E-state index contributed by atoms with van der Waals surface area (Å²) in [6, 6.07) is 0.588. The molecule has 0 aromatic rings. The standard InChI is InChI=1S/C14H29N3O/c1-4-5-8-16-14(18)11-17-9-6-13(7-10-17)12(2)15-3/h12-13,15H,4-11H2,1-3H3,(H,16,18). The third-order valence-electron chi connectivity index (χ3n) is 4.01. The van der Waals surface area contributed by atoms with Crippen molar-refractivity contribution in [2.45, 2.75) is 45.6 Å². The summed E-state index contributed by atoms with van der Waals surface area (Å²) in [7, 11) is 2.03. The van der Waals surface area contributed by atoms with Crippen LogP contribution < -0.4 is 10.6 Å². The molecule has 1 unspecified atom stereocenters. The zero-order valence-corrected chi connectivity index (χ0v) is 12.2. The van der Waals surface area contributed by atoms with Gasteiger partial charge in [-0.2, -0.15) is 0 Å². The molecule has 1 amide bonds. The second-order valence-corrected chi connectivity index (χ2v) is 5.39. The summed E-state index contributed by atoms with van der Waals surface area (Å²) >= 11 is 0. The second-order valence-electron chi connectivity index (χ2n) is 5.39. The first kappa shape index (κ1) is 15.4. The fourth-order valence-corrected chi connectivity index (χ4v) is 2.51. The molecule has 4 nitrogen and oxygen atoms in total. The highest BCUT2D eigenvalue weighted by Crippen LogP contribution is 2.19. The molecule has 1 fully saturated rings. The number of hydrogen-bond donors (Lipinski definition) is 2. The highest BCUT2D eigenvalue weighted by molar-refractivity contribution is 5.77. The Kier molecular flexibility index (Phi) is 7.28. The molecule has 0 radical (unpaired) electrons. The van der Waals surface area contributed by atoms with Crippen molar-refractivity contribution >= 4 is 5.91 Å². The molecule has 0 bridgehead atoms. The van der Waals surface area contributed by atoms with Crippen LogP contribution in [0, 0.1) is 5.92 Å². The number of likely N-dealkylation sites (tertiary alicyclic amines) is 1. The highest BCUT2D eigenvalue weighted by Gasteiger charge is 2.23. The van der Waals surface area contributed by atoms with E-state index in [0.717, 1.165) is 38.4 Å². The zero-order chi connectivity index (χ0) is 13.4. The van der Waals surface area contributed by atoms with Gasteiger partial charge in [-0.15, -0.1) is 0 Å². The van der Waals surface area contributed by atoms with Crippen LogP contribution in [0.1, 0.15) is 39.5 Å². The normalized spacial score (nSPS) is 19.7. The SMILES string of the molecule is CCCCNC(=O)CN1CCC(C(C)NC)CC1. The lowest BCUT2D eigenvalue weighted by Gasteiger charge is -2.34. The molecule has 4 heteroatoms. The molecule has 1 atom stereocenters. The van der Waals surface area contributed by atoms with Gasteiger partial charge >= 0.3 is 0 Å². The molecule has 1 aliphatic heterocycles. The maximum absolute atomic E-state index is 11.7. The number of nitrogens with one attached hydrogen (secondary N) is 2. The number of amides is 1. The summed E-state index contributed by atoms with van der Waals surface area (Å²) in [4.78, 5) is 14.0. The van der Waals surface area contributed by atoms with Crippen LogP contribution >= 0.6 is 0 Å². The van der Waals surface area contributed by atoms with Crippen LogP contribution in [0.5, 0.6) is 0 Å². The smallest absolute Gasteiger partial charge is 0.234 e. The van der Waals surface area contributed by atoms with Gasteiger partial charge in [0.2, 0.25) is 5.91 Å². The molecule has 0 saturated carbocycles. The van der Waals surface area contributed by atoms with E-state index in [0.29, 0.717) is 12.6 Å². The third-order valence-corrected chi connectivity index (χ3v) is 4.01. The predicted molar refractivity (Wildman–Crippen MR) is 75.6 cm³/mol. The first-order chi connectivity index (χ1) is 8.67. The maximum atomic E-state index is 11.7. The number of piperidine rings is 1. The summed E-state index contributed by atoms with van der Waals surface area (Å²) in [6.45, 7) is 7.89. The van der Waals surface area contributed by atoms with Crippen molar-refractivity contribution < 1.29 is 4.79 Å². The average molecular weight is 255 g/mol. The molecule has 1 rings (SSSR count). The predicted octanol–water partition coefficient (Wildman–Crippen LogP) is 1.22. The van der Waals surface area contributed by atoms with Crippen molar-refractivity contribution in [1.29, 1.82) is 0 Å². The van der Waals surface area contributed by atoms with Crippen LogP contribution in [0.4, 0.5) is 0 Å². The number of carbonyl (C=O) groups excluding carboxylic acids is 1. The summed E-state index contributed by atoms with van der Waals surface area (Å²) in [5, 5.41) is 6.31. The van der Waals surface area contributed by atoms with Gasteiger partial charge in [0.1, 0.15) is 0 Å². The molecular formula is C14H29N3O. The minimum absolute atomic E-state index is 0.184. The van der Waals surface area contributed by atoms with Crippen LogP contribution in [-0.2, 0) is 4.79 Å². The van der Waals surface area contributed by atoms with Gasteiger partial charge < -0.3 is 10.6 Å². The fraction of sp³-hybridized carbons (Fsp3) is 0.929. The van der Waals surface area contributed by atoms with Gasteiger partial charge in [-0.3, -0.25) is 9.69 Å². The van der Waals surface area contributed by atoms with Gasteiger partial charge in [-0.05, 0) is 52.2 Å². The van der Waals surface area contributed by atoms with E-state index in [1.807, 2.05) is 7.05 Å². The van der Waals surface area contributed by atoms with Crippen molar-refractivity contribution in [3.05, 3.63) is 0 Å². The van der Waals surface area contributed by atoms with E-state index in [4.69, 9.17) is 0 Å². The molecule has 106 valence electrons. The Hall–Kier alpha value is -0.610. The molecule has 0 aromatic heterocycles. The lowest BCUT2D eigenvalue weighted by Crippen LogP contribution is -2.44. The lowest BCUT2D eigenvalue weighted by atomic mass is 9.90. The van der Waals surface area contributed by atoms with E-state index in [2.05, 4.69) is 29.4 Å². The topological polar surface area (TPSA) is 44.4 Å². The number of hydrogen-bond acceptors (Lipinski definition) is 3. The molecule has 2 N–H and O–H groups in total. The average Bonchev–Trinajstić information content (AvgIpc) is 2.39. The maximum Gasteiger partial charge on any atom is 0.234 e. The van der Waals surface area contributed by atoms with E-state index >= 15 is 0 Å². The molecule has 1 aliphatic rings.